The van der Waals surface area contributed by atoms with Gasteiger partial charge in [-0.2, -0.15) is 0 Å². The number of rotatable bonds is 1. The molecule has 0 spiro atoms. The van der Waals surface area contributed by atoms with Gasteiger partial charge in [0.2, 0.25) is 0 Å². The number of pyridine rings is 1. The summed E-state index contributed by atoms with van der Waals surface area (Å²) in [6, 6.07) is 7.99. The minimum atomic E-state index is 0.537. The van der Waals surface area contributed by atoms with Gasteiger partial charge in [0.15, 0.2) is 5.15 Å². The molecule has 0 aliphatic carbocycles. The molecule has 0 aliphatic rings. The summed E-state index contributed by atoms with van der Waals surface area (Å²) in [5, 5.41) is 0.537. The van der Waals surface area contributed by atoms with E-state index in [4.69, 9.17) is 11.6 Å². The van der Waals surface area contributed by atoms with Crippen LogP contribution in [0.4, 0.5) is 0 Å². The van der Waals surface area contributed by atoms with Crippen molar-refractivity contribution in [3.8, 4) is 5.69 Å². The predicted octanol–water partition coefficient (Wildman–Crippen LogP) is 3.14. The lowest BCUT2D eigenvalue weighted by Gasteiger charge is -2.09. The van der Waals surface area contributed by atoms with Crippen molar-refractivity contribution in [2.24, 2.45) is 0 Å². The Morgan fingerprint density at radius 2 is 1.79 bits per heavy atom. The lowest BCUT2D eigenvalue weighted by atomic mass is 10.4. The summed E-state index contributed by atoms with van der Waals surface area (Å²) >= 11 is 6.03. The first kappa shape index (κ1) is 9.28. The molecule has 72 valence electrons. The highest BCUT2D eigenvalue weighted by molar-refractivity contribution is 6.31. The van der Waals surface area contributed by atoms with Gasteiger partial charge in [0.25, 0.3) is 0 Å². The van der Waals surface area contributed by atoms with Crippen molar-refractivity contribution in [3.05, 3.63) is 47.0 Å². The van der Waals surface area contributed by atoms with Crippen molar-refractivity contribution in [2.45, 2.75) is 13.8 Å². The number of aromatic nitrogens is 2. The first-order valence-corrected chi connectivity index (χ1v) is 4.84. The summed E-state index contributed by atoms with van der Waals surface area (Å²) in [7, 11) is 0. The Balaban J connectivity index is 2.66. The van der Waals surface area contributed by atoms with Crippen molar-refractivity contribution < 1.29 is 0 Å². The van der Waals surface area contributed by atoms with Gasteiger partial charge in [-0.05, 0) is 38.1 Å². The van der Waals surface area contributed by atoms with Gasteiger partial charge in [0.1, 0.15) is 0 Å². The summed E-state index contributed by atoms with van der Waals surface area (Å²) in [5.41, 5.74) is 3.27. The van der Waals surface area contributed by atoms with Gasteiger partial charge < -0.3 is 4.57 Å². The Hall–Kier alpha value is -1.28. The maximum Gasteiger partial charge on any atom is 0.152 e. The minimum absolute atomic E-state index is 0.537. The minimum Gasteiger partial charge on any atom is -0.316 e. The van der Waals surface area contributed by atoms with Gasteiger partial charge in [0.05, 0.1) is 5.69 Å². The molecule has 2 nitrogen and oxygen atoms in total. The molecule has 0 aliphatic heterocycles. The maximum atomic E-state index is 6.03. The molecule has 0 aromatic carbocycles. The predicted molar refractivity (Wildman–Crippen MR) is 58.0 cm³/mol. The van der Waals surface area contributed by atoms with E-state index in [1.165, 1.54) is 0 Å². The molecular formula is C11H11ClN2. The first-order chi connectivity index (χ1) is 6.70. The van der Waals surface area contributed by atoms with Crippen LogP contribution in [0.1, 0.15) is 11.4 Å². The largest absolute Gasteiger partial charge is 0.316 e. The number of halogens is 1. The summed E-state index contributed by atoms with van der Waals surface area (Å²) in [5.74, 6) is 0. The second kappa shape index (κ2) is 3.46. The summed E-state index contributed by atoms with van der Waals surface area (Å²) < 4.78 is 2.09. The molecule has 2 aromatic rings. The lowest BCUT2D eigenvalue weighted by molar-refractivity contribution is 0.956. The smallest absolute Gasteiger partial charge is 0.152 e. The van der Waals surface area contributed by atoms with Crippen LogP contribution in [0.5, 0.6) is 0 Å². The van der Waals surface area contributed by atoms with Gasteiger partial charge in [0, 0.05) is 17.6 Å². The average molecular weight is 207 g/mol. The number of hydrogen-bond acceptors (Lipinski definition) is 1. The second-order valence-electron chi connectivity index (χ2n) is 3.26. The fraction of sp³-hybridized carbons (Fsp3) is 0.182. The number of nitrogens with zero attached hydrogens (tertiary/aromatic N) is 2. The van der Waals surface area contributed by atoms with Crippen molar-refractivity contribution in [1.82, 2.24) is 9.55 Å². The van der Waals surface area contributed by atoms with E-state index >= 15 is 0 Å². The zero-order valence-corrected chi connectivity index (χ0v) is 8.92. The number of aryl methyl sites for hydroxylation is 2. The first-order valence-electron chi connectivity index (χ1n) is 4.46. The van der Waals surface area contributed by atoms with E-state index < -0.39 is 0 Å². The van der Waals surface area contributed by atoms with Gasteiger partial charge in [-0.3, -0.25) is 0 Å². The van der Waals surface area contributed by atoms with Crippen LogP contribution in [0, 0.1) is 13.8 Å². The van der Waals surface area contributed by atoms with E-state index in [1.807, 2.05) is 12.1 Å². The highest BCUT2D eigenvalue weighted by Crippen LogP contribution is 2.21. The molecule has 14 heavy (non-hydrogen) atoms. The monoisotopic (exact) mass is 206 g/mol. The Kier molecular flexibility index (Phi) is 2.30. The third-order valence-electron chi connectivity index (χ3n) is 2.25. The summed E-state index contributed by atoms with van der Waals surface area (Å²) in [4.78, 5) is 4.06. The SMILES string of the molecule is Cc1ccc(C)n1-c1cccnc1Cl. The zero-order chi connectivity index (χ0) is 10.1. The maximum absolute atomic E-state index is 6.03. The fourth-order valence-electron chi connectivity index (χ4n) is 1.59. The highest BCUT2D eigenvalue weighted by Gasteiger charge is 2.07. The fourth-order valence-corrected chi connectivity index (χ4v) is 1.80. The highest BCUT2D eigenvalue weighted by atomic mass is 35.5. The van der Waals surface area contributed by atoms with E-state index in [0.29, 0.717) is 5.15 Å². The molecule has 0 radical (unpaired) electrons. The summed E-state index contributed by atoms with van der Waals surface area (Å²) in [6.07, 6.45) is 1.69. The molecule has 2 rings (SSSR count). The van der Waals surface area contributed by atoms with Crippen LogP contribution >= 0.6 is 11.6 Å². The topological polar surface area (TPSA) is 17.8 Å². The van der Waals surface area contributed by atoms with Crippen LogP contribution in [-0.4, -0.2) is 9.55 Å². The Morgan fingerprint density at radius 1 is 1.14 bits per heavy atom. The van der Waals surface area contributed by atoms with Crippen LogP contribution in [0.2, 0.25) is 5.15 Å². The van der Waals surface area contributed by atoms with Crippen LogP contribution in [0.3, 0.4) is 0 Å². The van der Waals surface area contributed by atoms with E-state index in [-0.39, 0.29) is 0 Å². The molecule has 0 N–H and O–H groups in total. The number of hydrogen-bond donors (Lipinski definition) is 0. The van der Waals surface area contributed by atoms with Crippen molar-refractivity contribution in [2.75, 3.05) is 0 Å². The van der Waals surface area contributed by atoms with E-state index in [1.54, 1.807) is 6.20 Å². The van der Waals surface area contributed by atoms with Gasteiger partial charge >= 0.3 is 0 Å². The zero-order valence-electron chi connectivity index (χ0n) is 8.16. The molecule has 3 heteroatoms. The third kappa shape index (κ3) is 1.42. The van der Waals surface area contributed by atoms with Crippen LogP contribution in [0.15, 0.2) is 30.5 Å². The molecule has 0 fully saturated rings. The lowest BCUT2D eigenvalue weighted by Crippen LogP contribution is -2.00. The van der Waals surface area contributed by atoms with Crippen LogP contribution < -0.4 is 0 Å². The molecule has 0 unspecified atom stereocenters. The van der Waals surface area contributed by atoms with Gasteiger partial charge in [-0.15, -0.1) is 0 Å². The molecule has 2 heterocycles. The van der Waals surface area contributed by atoms with Gasteiger partial charge in [-0.25, -0.2) is 4.98 Å². The van der Waals surface area contributed by atoms with Crippen molar-refractivity contribution >= 4 is 11.6 Å². The quantitative estimate of drug-likeness (QED) is 0.656. The van der Waals surface area contributed by atoms with Crippen molar-refractivity contribution in [3.63, 3.8) is 0 Å². The Morgan fingerprint density at radius 3 is 2.36 bits per heavy atom. The molecule has 0 bridgehead atoms. The van der Waals surface area contributed by atoms with E-state index in [0.717, 1.165) is 17.1 Å². The third-order valence-corrected chi connectivity index (χ3v) is 2.54. The van der Waals surface area contributed by atoms with E-state index in [9.17, 15) is 0 Å². The van der Waals surface area contributed by atoms with Gasteiger partial charge in [-0.1, -0.05) is 11.6 Å². The Labute approximate surface area is 88.2 Å². The average Bonchev–Trinajstić information content (AvgIpc) is 2.48. The van der Waals surface area contributed by atoms with E-state index in [2.05, 4.69) is 35.5 Å². The second-order valence-corrected chi connectivity index (χ2v) is 3.62. The molecule has 0 amide bonds. The van der Waals surface area contributed by atoms with Crippen LogP contribution in [0.25, 0.3) is 5.69 Å². The normalized spacial score (nSPS) is 10.5. The molecular weight excluding hydrogens is 196 g/mol. The Bertz CT molecular complexity index is 441. The molecule has 0 saturated carbocycles. The molecule has 0 saturated heterocycles. The van der Waals surface area contributed by atoms with Crippen LogP contribution in [-0.2, 0) is 0 Å². The molecule has 0 atom stereocenters. The summed E-state index contributed by atoms with van der Waals surface area (Å²) in [6.45, 7) is 4.10. The molecule has 2 aromatic heterocycles. The standard InChI is InChI=1S/C11H11ClN2/c1-8-5-6-9(2)14(8)10-4-3-7-13-11(10)12/h3-7H,1-2H3. The van der Waals surface area contributed by atoms with Crippen molar-refractivity contribution in [1.29, 1.82) is 0 Å².